The number of rotatable bonds is 5. The van der Waals surface area contributed by atoms with Crippen molar-refractivity contribution >= 4 is 0 Å². The number of likely N-dealkylation sites (tertiary alicyclic amines) is 1. The van der Waals surface area contributed by atoms with Gasteiger partial charge in [0.15, 0.2) is 0 Å². The lowest BCUT2D eigenvalue weighted by Crippen LogP contribution is -2.15. The van der Waals surface area contributed by atoms with Gasteiger partial charge >= 0.3 is 6.18 Å². The maximum atomic E-state index is 13.1. The molecule has 0 radical (unpaired) electrons. The highest BCUT2D eigenvalue weighted by Crippen LogP contribution is 2.37. The van der Waals surface area contributed by atoms with Crippen LogP contribution in [0.4, 0.5) is 13.2 Å². The van der Waals surface area contributed by atoms with E-state index in [1.54, 1.807) is 6.07 Å². The first-order valence-electron chi connectivity index (χ1n) is 9.20. The summed E-state index contributed by atoms with van der Waals surface area (Å²) < 4.78 is 49.9. The van der Waals surface area contributed by atoms with Gasteiger partial charge in [-0.05, 0) is 44.1 Å². The Kier molecular flexibility index (Phi) is 5.23. The van der Waals surface area contributed by atoms with E-state index in [-0.39, 0.29) is 11.6 Å². The van der Waals surface area contributed by atoms with Crippen molar-refractivity contribution < 1.29 is 22.4 Å². The SMILES string of the molecule is CN1CCC(Cc2nc(-c3ccc(Oc4ccccc4C(F)(F)F)nc3)no2)C1. The van der Waals surface area contributed by atoms with E-state index in [4.69, 9.17) is 9.26 Å². The van der Waals surface area contributed by atoms with Crippen LogP contribution >= 0.6 is 0 Å². The summed E-state index contributed by atoms with van der Waals surface area (Å²) in [5, 5.41) is 3.98. The first-order valence-corrected chi connectivity index (χ1v) is 9.20. The lowest BCUT2D eigenvalue weighted by molar-refractivity contribution is -0.138. The molecule has 3 heterocycles. The van der Waals surface area contributed by atoms with E-state index in [0.29, 0.717) is 23.2 Å². The summed E-state index contributed by atoms with van der Waals surface area (Å²) in [6.07, 6.45) is -1.24. The predicted octanol–water partition coefficient (Wildman–Crippen LogP) is 4.44. The van der Waals surface area contributed by atoms with Crippen molar-refractivity contribution in [1.82, 2.24) is 20.0 Å². The molecule has 1 saturated heterocycles. The van der Waals surface area contributed by atoms with Crippen LogP contribution in [0.5, 0.6) is 11.6 Å². The number of hydrogen-bond donors (Lipinski definition) is 0. The van der Waals surface area contributed by atoms with Gasteiger partial charge in [-0.15, -0.1) is 0 Å². The van der Waals surface area contributed by atoms with E-state index in [0.717, 1.165) is 32.0 Å². The normalized spacial score (nSPS) is 17.6. The minimum Gasteiger partial charge on any atom is -0.438 e. The second-order valence-electron chi connectivity index (χ2n) is 7.11. The van der Waals surface area contributed by atoms with Gasteiger partial charge in [0.25, 0.3) is 0 Å². The minimum absolute atomic E-state index is 0.0446. The molecule has 0 spiro atoms. The lowest BCUT2D eigenvalue weighted by atomic mass is 10.1. The molecule has 0 N–H and O–H groups in total. The summed E-state index contributed by atoms with van der Waals surface area (Å²) in [5.74, 6) is 1.20. The fourth-order valence-corrected chi connectivity index (χ4v) is 3.37. The number of nitrogens with zero attached hydrogens (tertiary/aromatic N) is 4. The van der Waals surface area contributed by atoms with Crippen molar-refractivity contribution in [2.24, 2.45) is 5.92 Å². The Morgan fingerprint density at radius 3 is 2.72 bits per heavy atom. The van der Waals surface area contributed by atoms with Gasteiger partial charge < -0.3 is 14.2 Å². The third-order valence-corrected chi connectivity index (χ3v) is 4.82. The zero-order chi connectivity index (χ0) is 20.4. The third kappa shape index (κ3) is 4.56. The van der Waals surface area contributed by atoms with E-state index < -0.39 is 11.7 Å². The maximum Gasteiger partial charge on any atom is 0.419 e. The molecule has 1 aliphatic rings. The second kappa shape index (κ2) is 7.82. The molecule has 1 aliphatic heterocycles. The summed E-state index contributed by atoms with van der Waals surface area (Å²) in [7, 11) is 2.08. The molecule has 29 heavy (non-hydrogen) atoms. The fraction of sp³-hybridized carbons (Fsp3) is 0.350. The number of pyridine rings is 1. The lowest BCUT2D eigenvalue weighted by Gasteiger charge is -2.12. The van der Waals surface area contributed by atoms with Crippen molar-refractivity contribution in [3.8, 4) is 23.0 Å². The highest BCUT2D eigenvalue weighted by molar-refractivity contribution is 5.53. The Labute approximate surface area is 165 Å². The molecule has 152 valence electrons. The van der Waals surface area contributed by atoms with Crippen LogP contribution in [0.25, 0.3) is 11.4 Å². The summed E-state index contributed by atoms with van der Waals surface area (Å²) >= 11 is 0. The van der Waals surface area contributed by atoms with Crippen LogP contribution < -0.4 is 4.74 Å². The number of aromatic nitrogens is 3. The zero-order valence-electron chi connectivity index (χ0n) is 15.7. The van der Waals surface area contributed by atoms with E-state index in [9.17, 15) is 13.2 Å². The van der Waals surface area contributed by atoms with Crippen molar-refractivity contribution in [3.63, 3.8) is 0 Å². The molecule has 2 aromatic heterocycles. The Morgan fingerprint density at radius 1 is 1.21 bits per heavy atom. The van der Waals surface area contributed by atoms with Crippen molar-refractivity contribution in [2.45, 2.75) is 19.0 Å². The predicted molar refractivity (Wildman–Crippen MR) is 98.4 cm³/mol. The standard InChI is InChI=1S/C20H19F3N4O2/c1-27-9-8-13(12-27)10-18-25-19(26-29-18)14-6-7-17(24-11-14)28-16-5-3-2-4-15(16)20(21,22)23/h2-7,11,13H,8-10,12H2,1H3. The van der Waals surface area contributed by atoms with Gasteiger partial charge in [0.2, 0.25) is 17.6 Å². The Balaban J connectivity index is 1.45. The Morgan fingerprint density at radius 2 is 2.03 bits per heavy atom. The monoisotopic (exact) mass is 404 g/mol. The van der Waals surface area contributed by atoms with E-state index in [1.807, 2.05) is 0 Å². The van der Waals surface area contributed by atoms with Crippen LogP contribution in [0.2, 0.25) is 0 Å². The third-order valence-electron chi connectivity index (χ3n) is 4.82. The molecule has 0 saturated carbocycles. The molecule has 6 nitrogen and oxygen atoms in total. The van der Waals surface area contributed by atoms with Crippen LogP contribution in [0, 0.1) is 5.92 Å². The summed E-state index contributed by atoms with van der Waals surface area (Å²) in [4.78, 5) is 10.7. The Hall–Kier alpha value is -2.94. The molecule has 0 aliphatic carbocycles. The van der Waals surface area contributed by atoms with Gasteiger partial charge in [-0.25, -0.2) is 4.98 Å². The first-order chi connectivity index (χ1) is 13.9. The summed E-state index contributed by atoms with van der Waals surface area (Å²) in [5.41, 5.74) is -0.258. The Bertz CT molecular complexity index is 972. The van der Waals surface area contributed by atoms with Crippen molar-refractivity contribution in [2.75, 3.05) is 20.1 Å². The molecule has 3 aromatic rings. The molecule has 4 rings (SSSR count). The summed E-state index contributed by atoms with van der Waals surface area (Å²) in [6.45, 7) is 2.07. The van der Waals surface area contributed by atoms with Gasteiger partial charge in [0, 0.05) is 30.8 Å². The average Bonchev–Trinajstić information content (AvgIpc) is 3.31. The van der Waals surface area contributed by atoms with E-state index >= 15 is 0 Å². The average molecular weight is 404 g/mol. The molecule has 1 atom stereocenters. The summed E-state index contributed by atoms with van der Waals surface area (Å²) in [6, 6.07) is 8.11. The number of hydrogen-bond acceptors (Lipinski definition) is 6. The van der Waals surface area contributed by atoms with E-state index in [2.05, 4.69) is 27.1 Å². The quantitative estimate of drug-likeness (QED) is 0.627. The molecule has 1 aromatic carbocycles. The van der Waals surface area contributed by atoms with Crippen LogP contribution in [-0.2, 0) is 12.6 Å². The van der Waals surface area contributed by atoms with Gasteiger partial charge in [0.1, 0.15) is 5.75 Å². The van der Waals surface area contributed by atoms with Gasteiger partial charge in [-0.2, -0.15) is 18.2 Å². The number of alkyl halides is 3. The van der Waals surface area contributed by atoms with Gasteiger partial charge in [-0.1, -0.05) is 17.3 Å². The largest absolute Gasteiger partial charge is 0.438 e. The van der Waals surface area contributed by atoms with Crippen molar-refractivity contribution in [3.05, 3.63) is 54.0 Å². The molecule has 1 unspecified atom stereocenters. The smallest absolute Gasteiger partial charge is 0.419 e. The molecular formula is C20H19F3N4O2. The zero-order valence-corrected chi connectivity index (χ0v) is 15.7. The molecule has 1 fully saturated rings. The second-order valence-corrected chi connectivity index (χ2v) is 7.11. The van der Waals surface area contributed by atoms with Gasteiger partial charge in [0.05, 0.1) is 5.56 Å². The highest BCUT2D eigenvalue weighted by atomic mass is 19.4. The topological polar surface area (TPSA) is 64.3 Å². The highest BCUT2D eigenvalue weighted by Gasteiger charge is 2.34. The first kappa shape index (κ1) is 19.4. The number of ether oxygens (including phenoxy) is 1. The minimum atomic E-state index is -4.51. The number of halogens is 3. The molecule has 0 bridgehead atoms. The van der Waals surface area contributed by atoms with Gasteiger partial charge in [-0.3, -0.25) is 0 Å². The van der Waals surface area contributed by atoms with Crippen molar-refractivity contribution in [1.29, 1.82) is 0 Å². The van der Waals surface area contributed by atoms with Crippen LogP contribution in [-0.4, -0.2) is 40.2 Å². The maximum absolute atomic E-state index is 13.1. The van der Waals surface area contributed by atoms with E-state index in [1.165, 1.54) is 30.5 Å². The van der Waals surface area contributed by atoms with Crippen LogP contribution in [0.15, 0.2) is 47.1 Å². The number of benzene rings is 1. The molecular weight excluding hydrogens is 385 g/mol. The fourth-order valence-electron chi connectivity index (χ4n) is 3.37. The van der Waals surface area contributed by atoms with Crippen LogP contribution in [0.3, 0.4) is 0 Å². The molecule has 0 amide bonds. The van der Waals surface area contributed by atoms with Crippen LogP contribution in [0.1, 0.15) is 17.9 Å². The number of para-hydroxylation sites is 1. The molecule has 9 heteroatoms.